The number of nitrogens with one attached hydrogen (secondary N) is 1. The molecule has 4 rings (SSSR count). The Kier molecular flexibility index (Phi) is 9.69. The highest BCUT2D eigenvalue weighted by atomic mass is 32.2. The van der Waals surface area contributed by atoms with Gasteiger partial charge in [0.1, 0.15) is 17.1 Å². The van der Waals surface area contributed by atoms with E-state index in [4.69, 9.17) is 14.8 Å². The summed E-state index contributed by atoms with van der Waals surface area (Å²) in [6, 6.07) is 2.53. The molecule has 1 saturated heterocycles. The molecular formula is C23H26FN5O7PS3+. The lowest BCUT2D eigenvalue weighted by atomic mass is 10.0. The van der Waals surface area contributed by atoms with Gasteiger partial charge in [-0.15, -0.1) is 34.9 Å². The smallest absolute Gasteiger partial charge is 0.354 e. The fourth-order valence-electron chi connectivity index (χ4n) is 4.00. The maximum Gasteiger partial charge on any atom is 0.354 e. The van der Waals surface area contributed by atoms with Gasteiger partial charge in [0.2, 0.25) is 0 Å². The predicted octanol–water partition coefficient (Wildman–Crippen LogP) is 2.69. The van der Waals surface area contributed by atoms with E-state index in [9.17, 15) is 28.4 Å². The minimum absolute atomic E-state index is 0.0884. The van der Waals surface area contributed by atoms with E-state index < -0.39 is 43.6 Å². The van der Waals surface area contributed by atoms with Crippen LogP contribution in [0.2, 0.25) is 0 Å². The van der Waals surface area contributed by atoms with Gasteiger partial charge in [-0.05, 0) is 12.0 Å². The molecule has 2 aromatic heterocycles. The zero-order chi connectivity index (χ0) is 29.0. The summed E-state index contributed by atoms with van der Waals surface area (Å²) in [5.41, 5.74) is 6.19. The Morgan fingerprint density at radius 3 is 2.65 bits per heavy atom. The van der Waals surface area contributed by atoms with E-state index in [1.54, 1.807) is 24.5 Å². The minimum atomic E-state index is -3.80. The van der Waals surface area contributed by atoms with Crippen LogP contribution in [0.1, 0.15) is 12.1 Å². The van der Waals surface area contributed by atoms with Crippen LogP contribution in [0.4, 0.5) is 9.52 Å². The highest BCUT2D eigenvalue weighted by Gasteiger charge is 2.54. The molecule has 12 nitrogen and oxygen atoms in total. The van der Waals surface area contributed by atoms with E-state index in [1.807, 2.05) is 0 Å². The van der Waals surface area contributed by atoms with Gasteiger partial charge in [0.25, 0.3) is 18.6 Å². The lowest BCUT2D eigenvalue weighted by molar-refractivity contribution is -0.718. The van der Waals surface area contributed by atoms with Gasteiger partial charge in [0.15, 0.2) is 17.5 Å². The van der Waals surface area contributed by atoms with Gasteiger partial charge in [-0.3, -0.25) is 19.1 Å². The van der Waals surface area contributed by atoms with Crippen molar-refractivity contribution < 1.29 is 42.1 Å². The number of rotatable bonds is 12. The molecule has 0 radical (unpaired) electrons. The number of fused-ring (bicyclic) bond motifs is 1. The molecule has 0 saturated carbocycles. The second kappa shape index (κ2) is 12.8. The molecule has 2 aromatic rings. The first-order valence-corrected chi connectivity index (χ1v) is 16.2. The van der Waals surface area contributed by atoms with Crippen LogP contribution >= 0.6 is 42.5 Å². The molecule has 0 bridgehead atoms. The second-order valence-electron chi connectivity index (χ2n) is 8.40. The normalized spacial score (nSPS) is 19.3. The number of halogens is 1. The zero-order valence-corrected chi connectivity index (χ0v) is 24.7. The number of carbonyl (C=O) groups is 3. The fourth-order valence-corrected chi connectivity index (χ4v) is 7.77. The number of nitrogens with zero attached hydrogens (tertiary/aromatic N) is 3. The Bertz CT molecular complexity index is 1410. The summed E-state index contributed by atoms with van der Waals surface area (Å²) in [6.45, 7) is -0.623. The van der Waals surface area contributed by atoms with Gasteiger partial charge < -0.3 is 25.2 Å². The Balaban J connectivity index is 1.48. The van der Waals surface area contributed by atoms with Crippen LogP contribution in [0.5, 0.6) is 0 Å². The van der Waals surface area contributed by atoms with Crippen molar-refractivity contribution in [2.75, 3.05) is 31.5 Å². The highest BCUT2D eigenvalue weighted by molar-refractivity contribution is 8.00. The number of aromatic nitrogens is 2. The van der Waals surface area contributed by atoms with Crippen LogP contribution in [-0.4, -0.2) is 69.9 Å². The van der Waals surface area contributed by atoms with E-state index in [0.29, 0.717) is 23.5 Å². The average Bonchev–Trinajstić information content (AvgIpc) is 3.39. The summed E-state index contributed by atoms with van der Waals surface area (Å²) in [5, 5.41) is 13.6. The Hall–Kier alpha value is -2.75. The number of carboxylic acids is 1. The van der Waals surface area contributed by atoms with Gasteiger partial charge in [0.05, 0.1) is 11.3 Å². The number of hydrogen-bond acceptors (Lipinski definition) is 11. The number of anilines is 1. The maximum absolute atomic E-state index is 13.3. The van der Waals surface area contributed by atoms with Crippen LogP contribution in [0.25, 0.3) is 5.57 Å². The van der Waals surface area contributed by atoms with E-state index >= 15 is 0 Å². The third-order valence-corrected chi connectivity index (χ3v) is 10.7. The SMILES string of the molecule is COP(=O)(/C=C(\C(=O)N[C@@H]1C(=O)N2C(C(=O)O)=C(CCSc3cc[n+](CF)cc3)CS[C@H]12)c1csc(N)n1)OC. The summed E-state index contributed by atoms with van der Waals surface area (Å²) in [7, 11) is -1.48. The minimum Gasteiger partial charge on any atom is -0.477 e. The van der Waals surface area contributed by atoms with Crippen molar-refractivity contribution in [2.45, 2.75) is 29.5 Å². The molecule has 1 fully saturated rings. The van der Waals surface area contributed by atoms with Crippen molar-refractivity contribution in [3.63, 3.8) is 0 Å². The molecule has 0 aromatic carbocycles. The molecule has 4 heterocycles. The summed E-state index contributed by atoms with van der Waals surface area (Å²) in [5.74, 6) is -0.652. The van der Waals surface area contributed by atoms with E-state index in [0.717, 1.165) is 36.3 Å². The molecule has 0 unspecified atom stereocenters. The first kappa shape index (κ1) is 30.2. The quantitative estimate of drug-likeness (QED) is 0.104. The number of amides is 2. The van der Waals surface area contributed by atoms with Crippen LogP contribution in [0.3, 0.4) is 0 Å². The van der Waals surface area contributed by atoms with Gasteiger partial charge >= 0.3 is 13.6 Å². The molecule has 0 spiro atoms. The summed E-state index contributed by atoms with van der Waals surface area (Å²) in [6.07, 6.45) is 3.66. The van der Waals surface area contributed by atoms with Gasteiger partial charge in [0, 0.05) is 54.0 Å². The number of β-lactam (4-membered cyclic amide) rings is 1. The van der Waals surface area contributed by atoms with Crippen molar-refractivity contribution in [3.8, 4) is 0 Å². The third-order valence-electron chi connectivity index (χ3n) is 6.05. The average molecular weight is 631 g/mol. The molecule has 2 amide bonds. The first-order valence-electron chi connectivity index (χ1n) is 11.6. The molecule has 2 aliphatic rings. The number of thiazole rings is 1. The van der Waals surface area contributed by atoms with E-state index in [-0.39, 0.29) is 22.1 Å². The van der Waals surface area contributed by atoms with E-state index in [1.165, 1.54) is 38.4 Å². The van der Waals surface area contributed by atoms with Crippen molar-refractivity contribution in [1.82, 2.24) is 15.2 Å². The summed E-state index contributed by atoms with van der Waals surface area (Å²) < 4.78 is 36.7. The number of pyridine rings is 1. The third kappa shape index (κ3) is 6.42. The predicted molar refractivity (Wildman–Crippen MR) is 149 cm³/mol. The molecule has 17 heteroatoms. The number of carboxylic acid groups (broad SMARTS) is 1. The summed E-state index contributed by atoms with van der Waals surface area (Å²) >= 11 is 3.90. The van der Waals surface area contributed by atoms with E-state index in [2.05, 4.69) is 10.3 Å². The van der Waals surface area contributed by atoms with Crippen molar-refractivity contribution in [2.24, 2.45) is 0 Å². The Morgan fingerprint density at radius 1 is 1.38 bits per heavy atom. The zero-order valence-electron chi connectivity index (χ0n) is 21.3. The van der Waals surface area contributed by atoms with Crippen LogP contribution < -0.4 is 15.6 Å². The number of alkyl halides is 1. The summed E-state index contributed by atoms with van der Waals surface area (Å²) in [4.78, 5) is 44.7. The molecular weight excluding hydrogens is 604 g/mol. The number of thioether (sulfide) groups is 2. The maximum atomic E-state index is 13.3. The molecule has 40 heavy (non-hydrogen) atoms. The molecule has 4 N–H and O–H groups in total. The number of hydrogen-bond donors (Lipinski definition) is 3. The first-order chi connectivity index (χ1) is 19.1. The van der Waals surface area contributed by atoms with Gasteiger partial charge in [-0.25, -0.2) is 9.78 Å². The topological polar surface area (TPSA) is 165 Å². The van der Waals surface area contributed by atoms with Crippen molar-refractivity contribution in [3.05, 3.63) is 52.7 Å². The number of aliphatic carboxylic acids is 1. The number of nitrogens with two attached hydrogens (primary N) is 1. The van der Waals surface area contributed by atoms with Gasteiger partial charge in [-0.2, -0.15) is 8.96 Å². The second-order valence-corrected chi connectivity index (χ2v) is 13.6. The molecule has 2 atom stereocenters. The Morgan fingerprint density at radius 2 is 2.08 bits per heavy atom. The van der Waals surface area contributed by atoms with Crippen molar-refractivity contribution in [1.29, 1.82) is 0 Å². The van der Waals surface area contributed by atoms with Crippen LogP contribution in [0.15, 0.2) is 51.9 Å². The number of carbonyl (C=O) groups excluding carboxylic acids is 2. The van der Waals surface area contributed by atoms with Crippen molar-refractivity contribution >= 4 is 70.9 Å². The largest absolute Gasteiger partial charge is 0.477 e. The van der Waals surface area contributed by atoms with Crippen LogP contribution in [0, 0.1) is 0 Å². The monoisotopic (exact) mass is 630 g/mol. The Labute approximate surface area is 241 Å². The van der Waals surface area contributed by atoms with Crippen LogP contribution in [-0.2, 0) is 34.8 Å². The molecule has 214 valence electrons. The lowest BCUT2D eigenvalue weighted by Crippen LogP contribution is -2.70. The highest BCUT2D eigenvalue weighted by Crippen LogP contribution is 2.50. The van der Waals surface area contributed by atoms with Gasteiger partial charge in [-0.1, -0.05) is 0 Å². The number of nitrogen functional groups attached to an aromatic ring is 1. The standard InChI is InChI=1S/C23H25FN5O7PS3/c1-35-37(34,36-2)9-15(16-11-40-23(25)26-16)19(30)27-17-20(31)29-18(22(32)33)13(10-39-21(17)29)5-8-38-14-3-6-28(12-24)7-4-14/h3-4,6-7,9,11,17,21H,5,8,10,12H2,1-2H3,(H3-,25,26,27,30,32,33)/p+1/b15-9-/t17-,21-/m1/s1. The molecule has 0 aliphatic carbocycles. The fraction of sp³-hybridized carbons (Fsp3) is 0.348. The molecule has 2 aliphatic heterocycles. The lowest BCUT2D eigenvalue weighted by Gasteiger charge is -2.49.